The molecule has 0 heterocycles. The second-order valence-electron chi connectivity index (χ2n) is 6.28. The standard InChI is InChI=1S/C23H15BrClFN2O/c24-19-5-8-22(9-6-19)28-23(29)18(14-27)12-17-13-20(25)7-4-16(17)10-15-2-1-3-21(26)11-15/h1-9,11-13H,10H2,(H,28,29)/b18-12+. The van der Waals surface area contributed by atoms with E-state index >= 15 is 0 Å². The van der Waals surface area contributed by atoms with Gasteiger partial charge in [0.15, 0.2) is 0 Å². The van der Waals surface area contributed by atoms with Crippen LogP contribution in [0.2, 0.25) is 5.02 Å². The second kappa shape index (κ2) is 9.51. The SMILES string of the molecule is N#C/C(=C\c1cc(Cl)ccc1Cc1cccc(F)c1)C(=O)Nc1ccc(Br)cc1. The van der Waals surface area contributed by atoms with E-state index in [2.05, 4.69) is 21.2 Å². The number of halogens is 3. The molecular formula is C23H15BrClFN2O. The number of benzene rings is 3. The third-order valence-corrected chi connectivity index (χ3v) is 4.92. The summed E-state index contributed by atoms with van der Waals surface area (Å²) in [6, 6.07) is 20.5. The monoisotopic (exact) mass is 468 g/mol. The maximum Gasteiger partial charge on any atom is 0.266 e. The molecule has 0 aromatic heterocycles. The van der Waals surface area contributed by atoms with Gasteiger partial charge in [0.25, 0.3) is 5.91 Å². The van der Waals surface area contributed by atoms with Crippen LogP contribution in [0, 0.1) is 17.1 Å². The highest BCUT2D eigenvalue weighted by atomic mass is 79.9. The summed E-state index contributed by atoms with van der Waals surface area (Å²) in [5, 5.41) is 12.7. The van der Waals surface area contributed by atoms with Crippen LogP contribution in [0.15, 0.2) is 76.8 Å². The molecule has 6 heteroatoms. The van der Waals surface area contributed by atoms with Crippen molar-refractivity contribution in [3.63, 3.8) is 0 Å². The Kier molecular flexibility index (Phi) is 6.82. The van der Waals surface area contributed by atoms with E-state index in [1.54, 1.807) is 48.5 Å². The molecule has 0 aliphatic carbocycles. The molecule has 0 aliphatic rings. The van der Waals surface area contributed by atoms with Crippen LogP contribution in [0.4, 0.5) is 10.1 Å². The molecule has 0 bridgehead atoms. The smallest absolute Gasteiger partial charge is 0.266 e. The minimum atomic E-state index is -0.522. The fourth-order valence-electron chi connectivity index (χ4n) is 2.76. The van der Waals surface area contributed by atoms with Gasteiger partial charge in [-0.2, -0.15) is 5.26 Å². The van der Waals surface area contributed by atoms with Crippen LogP contribution in [-0.2, 0) is 11.2 Å². The van der Waals surface area contributed by atoms with Crippen LogP contribution in [0.1, 0.15) is 16.7 Å². The van der Waals surface area contributed by atoms with Crippen molar-refractivity contribution in [1.82, 2.24) is 0 Å². The zero-order valence-electron chi connectivity index (χ0n) is 15.1. The molecule has 0 radical (unpaired) electrons. The van der Waals surface area contributed by atoms with Crippen molar-refractivity contribution >= 4 is 45.2 Å². The van der Waals surface area contributed by atoms with Gasteiger partial charge in [0.1, 0.15) is 17.5 Å². The second-order valence-corrected chi connectivity index (χ2v) is 7.63. The highest BCUT2D eigenvalue weighted by Gasteiger charge is 2.12. The molecule has 0 saturated heterocycles. The van der Waals surface area contributed by atoms with Crippen molar-refractivity contribution in [3.05, 3.63) is 104 Å². The molecular weight excluding hydrogens is 455 g/mol. The molecule has 0 aliphatic heterocycles. The molecule has 3 rings (SSSR count). The van der Waals surface area contributed by atoms with Crippen LogP contribution in [-0.4, -0.2) is 5.91 Å². The number of carbonyl (C=O) groups is 1. The van der Waals surface area contributed by atoms with Crippen molar-refractivity contribution in [3.8, 4) is 6.07 Å². The highest BCUT2D eigenvalue weighted by Crippen LogP contribution is 2.23. The summed E-state index contributed by atoms with van der Waals surface area (Å²) in [6.45, 7) is 0. The summed E-state index contributed by atoms with van der Waals surface area (Å²) in [5.41, 5.74) is 2.74. The fraction of sp³-hybridized carbons (Fsp3) is 0.0435. The quantitative estimate of drug-likeness (QED) is 0.348. The summed E-state index contributed by atoms with van der Waals surface area (Å²) in [4.78, 5) is 12.5. The molecule has 3 nitrogen and oxygen atoms in total. The minimum Gasteiger partial charge on any atom is -0.321 e. The van der Waals surface area contributed by atoms with Gasteiger partial charge in [0, 0.05) is 15.2 Å². The molecule has 1 amide bonds. The van der Waals surface area contributed by atoms with E-state index in [4.69, 9.17) is 11.6 Å². The van der Waals surface area contributed by atoms with Crippen molar-refractivity contribution in [2.24, 2.45) is 0 Å². The lowest BCUT2D eigenvalue weighted by atomic mass is 9.98. The molecule has 3 aromatic carbocycles. The van der Waals surface area contributed by atoms with E-state index in [1.165, 1.54) is 18.2 Å². The number of carbonyl (C=O) groups excluding carboxylic acids is 1. The number of hydrogen-bond acceptors (Lipinski definition) is 2. The maximum atomic E-state index is 13.5. The molecule has 0 fully saturated rings. The lowest BCUT2D eigenvalue weighted by molar-refractivity contribution is -0.112. The van der Waals surface area contributed by atoms with Gasteiger partial charge in [0.2, 0.25) is 0 Å². The largest absolute Gasteiger partial charge is 0.321 e. The first kappa shape index (κ1) is 20.8. The minimum absolute atomic E-state index is 0.0596. The van der Waals surface area contributed by atoms with Crippen LogP contribution < -0.4 is 5.32 Å². The summed E-state index contributed by atoms with van der Waals surface area (Å²) in [5.74, 6) is -0.841. The van der Waals surface area contributed by atoms with Gasteiger partial charge >= 0.3 is 0 Å². The fourth-order valence-corrected chi connectivity index (χ4v) is 3.21. The van der Waals surface area contributed by atoms with Gasteiger partial charge in [-0.3, -0.25) is 4.79 Å². The Morgan fingerprint density at radius 3 is 2.59 bits per heavy atom. The molecule has 0 spiro atoms. The Hall–Kier alpha value is -2.94. The van der Waals surface area contributed by atoms with Crippen molar-refractivity contribution in [1.29, 1.82) is 5.26 Å². The average molecular weight is 470 g/mol. The Morgan fingerprint density at radius 1 is 1.14 bits per heavy atom. The molecule has 0 saturated carbocycles. The lowest BCUT2D eigenvalue weighted by Crippen LogP contribution is -2.13. The Balaban J connectivity index is 1.90. The summed E-state index contributed by atoms with van der Waals surface area (Å²) in [6.07, 6.45) is 1.93. The third-order valence-electron chi connectivity index (χ3n) is 4.16. The zero-order chi connectivity index (χ0) is 20.8. The number of amides is 1. The van der Waals surface area contributed by atoms with Crippen molar-refractivity contribution < 1.29 is 9.18 Å². The molecule has 1 N–H and O–H groups in total. The number of nitriles is 1. The number of hydrogen-bond donors (Lipinski definition) is 1. The van der Waals surface area contributed by atoms with Crippen molar-refractivity contribution in [2.75, 3.05) is 5.32 Å². The maximum absolute atomic E-state index is 13.5. The van der Waals surface area contributed by atoms with E-state index < -0.39 is 5.91 Å². The Morgan fingerprint density at radius 2 is 1.90 bits per heavy atom. The Bertz CT molecular complexity index is 1120. The number of nitrogens with one attached hydrogen (secondary N) is 1. The first-order valence-electron chi connectivity index (χ1n) is 8.66. The van der Waals surface area contributed by atoms with Gasteiger partial charge in [-0.25, -0.2) is 4.39 Å². The molecule has 0 unspecified atom stereocenters. The van der Waals surface area contributed by atoms with Gasteiger partial charge in [0.05, 0.1) is 0 Å². The van der Waals surface area contributed by atoms with Crippen molar-refractivity contribution in [2.45, 2.75) is 6.42 Å². The Labute approximate surface area is 181 Å². The predicted molar refractivity (Wildman–Crippen MR) is 117 cm³/mol. The molecule has 0 atom stereocenters. The normalized spacial score (nSPS) is 11.0. The number of anilines is 1. The van der Waals surface area contributed by atoms with Crippen LogP contribution in [0.25, 0.3) is 6.08 Å². The summed E-state index contributed by atoms with van der Waals surface area (Å²) >= 11 is 9.45. The van der Waals surface area contributed by atoms with E-state index in [1.807, 2.05) is 12.1 Å². The lowest BCUT2D eigenvalue weighted by Gasteiger charge is -2.09. The van der Waals surface area contributed by atoms with E-state index in [-0.39, 0.29) is 11.4 Å². The average Bonchev–Trinajstić information content (AvgIpc) is 2.69. The van der Waals surface area contributed by atoms with Gasteiger partial charge < -0.3 is 5.32 Å². The number of nitrogens with zero attached hydrogens (tertiary/aromatic N) is 1. The highest BCUT2D eigenvalue weighted by molar-refractivity contribution is 9.10. The van der Waals surface area contributed by atoms with E-state index in [0.29, 0.717) is 22.7 Å². The van der Waals surface area contributed by atoms with Gasteiger partial charge in [-0.15, -0.1) is 0 Å². The summed E-state index contributed by atoms with van der Waals surface area (Å²) < 4.78 is 14.4. The third kappa shape index (κ3) is 5.77. The van der Waals surface area contributed by atoms with Crippen LogP contribution >= 0.6 is 27.5 Å². The predicted octanol–water partition coefficient (Wildman–Crippen LogP) is 6.38. The molecule has 29 heavy (non-hydrogen) atoms. The number of rotatable bonds is 5. The van der Waals surface area contributed by atoms with Crippen LogP contribution in [0.5, 0.6) is 0 Å². The summed E-state index contributed by atoms with van der Waals surface area (Å²) in [7, 11) is 0. The molecule has 144 valence electrons. The van der Waals surface area contributed by atoms with Gasteiger partial charge in [-0.05, 0) is 77.7 Å². The van der Waals surface area contributed by atoms with E-state index in [9.17, 15) is 14.4 Å². The topological polar surface area (TPSA) is 52.9 Å². The first-order chi connectivity index (χ1) is 13.9. The molecule has 3 aromatic rings. The van der Waals surface area contributed by atoms with E-state index in [0.717, 1.165) is 15.6 Å². The zero-order valence-corrected chi connectivity index (χ0v) is 17.5. The first-order valence-corrected chi connectivity index (χ1v) is 9.83. The van der Waals surface area contributed by atoms with Crippen LogP contribution in [0.3, 0.4) is 0 Å². The van der Waals surface area contributed by atoms with Gasteiger partial charge in [-0.1, -0.05) is 45.7 Å².